The molecule has 1 N–H and O–H groups in total. The highest BCUT2D eigenvalue weighted by atomic mass is 19.1. The van der Waals surface area contributed by atoms with E-state index in [4.69, 9.17) is 4.74 Å². The third-order valence-corrected chi connectivity index (χ3v) is 6.55. The van der Waals surface area contributed by atoms with Gasteiger partial charge in [-0.05, 0) is 52.8 Å². The number of halogens is 1. The normalized spacial score (nSPS) is 17.2. The van der Waals surface area contributed by atoms with Crippen molar-refractivity contribution < 1.29 is 19.0 Å². The van der Waals surface area contributed by atoms with Gasteiger partial charge in [0, 0.05) is 19.0 Å². The van der Waals surface area contributed by atoms with Gasteiger partial charge < -0.3 is 14.7 Å². The maximum Gasteiger partial charge on any atom is 0.409 e. The molecule has 1 fully saturated rings. The van der Waals surface area contributed by atoms with E-state index in [1.54, 1.807) is 17.0 Å². The maximum atomic E-state index is 13.6. The Kier molecular flexibility index (Phi) is 4.98. The van der Waals surface area contributed by atoms with Crippen LogP contribution < -0.4 is 0 Å². The molecule has 0 radical (unpaired) electrons. The molecule has 0 unspecified atom stereocenters. The fraction of sp³-hybridized carbons (Fsp3) is 0.269. The molecule has 1 heterocycles. The summed E-state index contributed by atoms with van der Waals surface area (Å²) in [6.45, 7) is 1.00. The van der Waals surface area contributed by atoms with Crippen molar-refractivity contribution in [2.75, 3.05) is 19.7 Å². The number of hydrogen-bond donors (Lipinski definition) is 1. The number of carbonyl (C=O) groups is 1. The van der Waals surface area contributed by atoms with Crippen LogP contribution in [0.4, 0.5) is 9.18 Å². The van der Waals surface area contributed by atoms with E-state index in [1.165, 1.54) is 34.4 Å². The van der Waals surface area contributed by atoms with Crippen molar-refractivity contribution in [2.45, 2.75) is 24.4 Å². The minimum absolute atomic E-state index is 0.0189. The molecule has 0 bridgehead atoms. The molecular weight excluding hydrogens is 393 g/mol. The maximum absolute atomic E-state index is 13.6. The summed E-state index contributed by atoms with van der Waals surface area (Å²) >= 11 is 0. The van der Waals surface area contributed by atoms with Gasteiger partial charge in [0.2, 0.25) is 0 Å². The lowest BCUT2D eigenvalue weighted by Crippen LogP contribution is -2.45. The molecule has 4 nitrogen and oxygen atoms in total. The van der Waals surface area contributed by atoms with Crippen LogP contribution in [0.5, 0.6) is 0 Å². The predicted octanol–water partition coefficient (Wildman–Crippen LogP) is 5.06. The highest BCUT2D eigenvalue weighted by Crippen LogP contribution is 2.44. The largest absolute Gasteiger partial charge is 0.448 e. The quantitative estimate of drug-likeness (QED) is 0.648. The Balaban J connectivity index is 1.24. The number of carbonyl (C=O) groups excluding carboxylic acids is 1. The molecule has 0 spiro atoms. The number of likely N-dealkylation sites (tertiary alicyclic amines) is 1. The monoisotopic (exact) mass is 417 g/mol. The average molecular weight is 417 g/mol. The highest BCUT2D eigenvalue weighted by Gasteiger charge is 2.37. The van der Waals surface area contributed by atoms with E-state index in [-0.39, 0.29) is 24.4 Å². The van der Waals surface area contributed by atoms with Crippen LogP contribution in [0.15, 0.2) is 72.8 Å². The van der Waals surface area contributed by atoms with Crippen LogP contribution in [-0.2, 0) is 10.3 Å². The molecule has 2 aliphatic rings. The first-order valence-electron chi connectivity index (χ1n) is 10.6. The number of amides is 1. The standard InChI is InChI=1S/C26H24FNO3/c27-19-7-5-6-18(16-19)26(30)12-14-28(15-13-26)25(29)31-17-24-22-10-3-1-8-20(22)21-9-2-4-11-23(21)24/h1-11,16,24,30H,12-15,17H2. The van der Waals surface area contributed by atoms with Crippen LogP contribution in [0.25, 0.3) is 11.1 Å². The number of aliphatic hydroxyl groups is 1. The molecule has 31 heavy (non-hydrogen) atoms. The third kappa shape index (κ3) is 3.59. The lowest BCUT2D eigenvalue weighted by atomic mass is 9.84. The van der Waals surface area contributed by atoms with Crippen molar-refractivity contribution in [2.24, 2.45) is 0 Å². The molecule has 1 amide bonds. The van der Waals surface area contributed by atoms with Gasteiger partial charge in [0.25, 0.3) is 0 Å². The minimum Gasteiger partial charge on any atom is -0.448 e. The topological polar surface area (TPSA) is 49.8 Å². The van der Waals surface area contributed by atoms with Crippen LogP contribution in [0.1, 0.15) is 35.4 Å². The molecule has 0 saturated carbocycles. The van der Waals surface area contributed by atoms with Gasteiger partial charge in [-0.2, -0.15) is 0 Å². The number of nitrogens with zero attached hydrogens (tertiary/aromatic N) is 1. The van der Waals surface area contributed by atoms with Crippen molar-refractivity contribution in [1.29, 1.82) is 0 Å². The van der Waals surface area contributed by atoms with Gasteiger partial charge in [-0.15, -0.1) is 0 Å². The lowest BCUT2D eigenvalue weighted by Gasteiger charge is -2.38. The molecule has 158 valence electrons. The molecule has 1 saturated heterocycles. The SMILES string of the molecule is O=C(OCC1c2ccccc2-c2ccccc21)N1CCC(O)(c2cccc(F)c2)CC1. The van der Waals surface area contributed by atoms with E-state index in [9.17, 15) is 14.3 Å². The smallest absolute Gasteiger partial charge is 0.409 e. The van der Waals surface area contributed by atoms with E-state index in [0.29, 0.717) is 31.5 Å². The van der Waals surface area contributed by atoms with Gasteiger partial charge in [0.15, 0.2) is 0 Å². The molecule has 0 atom stereocenters. The second-order valence-electron chi connectivity index (χ2n) is 8.33. The van der Waals surface area contributed by atoms with Crippen molar-refractivity contribution >= 4 is 6.09 Å². The zero-order valence-electron chi connectivity index (χ0n) is 17.1. The van der Waals surface area contributed by atoms with Gasteiger partial charge in [0.1, 0.15) is 12.4 Å². The van der Waals surface area contributed by atoms with Crippen LogP contribution in [0.3, 0.4) is 0 Å². The van der Waals surface area contributed by atoms with Gasteiger partial charge in [-0.3, -0.25) is 0 Å². The predicted molar refractivity (Wildman–Crippen MR) is 116 cm³/mol. The van der Waals surface area contributed by atoms with E-state index in [0.717, 1.165) is 0 Å². The summed E-state index contributed by atoms with van der Waals surface area (Å²) in [5, 5.41) is 10.9. The van der Waals surface area contributed by atoms with Crippen LogP contribution in [0.2, 0.25) is 0 Å². The second kappa shape index (κ2) is 7.82. The third-order valence-electron chi connectivity index (χ3n) is 6.55. The lowest BCUT2D eigenvalue weighted by molar-refractivity contribution is -0.0252. The zero-order valence-corrected chi connectivity index (χ0v) is 17.1. The number of hydrogen-bond acceptors (Lipinski definition) is 3. The molecule has 5 heteroatoms. The molecule has 0 aromatic heterocycles. The number of piperidine rings is 1. The highest BCUT2D eigenvalue weighted by molar-refractivity contribution is 5.79. The molecular formula is C26H24FNO3. The number of ether oxygens (including phenoxy) is 1. The van der Waals surface area contributed by atoms with Gasteiger partial charge in [-0.25, -0.2) is 9.18 Å². The minimum atomic E-state index is -1.12. The summed E-state index contributed by atoms with van der Waals surface area (Å²) in [6.07, 6.45) is 0.324. The molecule has 3 aromatic carbocycles. The fourth-order valence-electron chi connectivity index (χ4n) is 4.81. The Morgan fingerprint density at radius 3 is 2.19 bits per heavy atom. The Hall–Kier alpha value is -3.18. The van der Waals surface area contributed by atoms with Crippen molar-refractivity contribution in [3.63, 3.8) is 0 Å². The van der Waals surface area contributed by atoms with Gasteiger partial charge in [0.05, 0.1) is 5.60 Å². The molecule has 5 rings (SSSR count). The van der Waals surface area contributed by atoms with Crippen molar-refractivity contribution in [3.8, 4) is 11.1 Å². The van der Waals surface area contributed by atoms with E-state index in [1.807, 2.05) is 24.3 Å². The molecule has 1 aliphatic heterocycles. The second-order valence-corrected chi connectivity index (χ2v) is 8.33. The Morgan fingerprint density at radius 2 is 1.58 bits per heavy atom. The van der Waals surface area contributed by atoms with E-state index >= 15 is 0 Å². The Labute approximate surface area is 180 Å². The van der Waals surface area contributed by atoms with Crippen molar-refractivity contribution in [1.82, 2.24) is 4.90 Å². The van der Waals surface area contributed by atoms with E-state index in [2.05, 4.69) is 24.3 Å². The number of benzene rings is 3. The number of fused-ring (bicyclic) bond motifs is 3. The summed E-state index contributed by atoms with van der Waals surface area (Å²) in [6, 6.07) is 22.5. The fourth-order valence-corrected chi connectivity index (χ4v) is 4.81. The summed E-state index contributed by atoms with van der Waals surface area (Å²) in [7, 11) is 0. The first kappa shape index (κ1) is 19.8. The Morgan fingerprint density at radius 1 is 0.968 bits per heavy atom. The summed E-state index contributed by atoms with van der Waals surface area (Å²) < 4.78 is 19.3. The first-order chi connectivity index (χ1) is 15.0. The summed E-state index contributed by atoms with van der Waals surface area (Å²) in [5.41, 5.74) is 4.17. The average Bonchev–Trinajstić information content (AvgIpc) is 3.12. The Bertz CT molecular complexity index is 1080. The van der Waals surface area contributed by atoms with Gasteiger partial charge in [-0.1, -0.05) is 60.7 Å². The van der Waals surface area contributed by atoms with Gasteiger partial charge >= 0.3 is 6.09 Å². The van der Waals surface area contributed by atoms with Crippen LogP contribution in [0, 0.1) is 5.82 Å². The van der Waals surface area contributed by atoms with Crippen LogP contribution >= 0.6 is 0 Å². The number of rotatable bonds is 3. The summed E-state index contributed by atoms with van der Waals surface area (Å²) in [5.74, 6) is -0.352. The van der Waals surface area contributed by atoms with Crippen molar-refractivity contribution in [3.05, 3.63) is 95.3 Å². The van der Waals surface area contributed by atoms with Crippen LogP contribution in [-0.4, -0.2) is 35.8 Å². The molecule has 3 aromatic rings. The zero-order chi connectivity index (χ0) is 21.4. The van der Waals surface area contributed by atoms with E-state index < -0.39 is 5.60 Å². The molecule has 1 aliphatic carbocycles. The first-order valence-corrected chi connectivity index (χ1v) is 10.6. The summed E-state index contributed by atoms with van der Waals surface area (Å²) in [4.78, 5) is 14.4.